The molecule has 1 aliphatic rings. The van der Waals surface area contributed by atoms with Crippen molar-refractivity contribution in [3.05, 3.63) is 0 Å². The minimum Gasteiger partial charge on any atom is -0.478 e. The zero-order chi connectivity index (χ0) is 19.0. The molecule has 1 heterocycles. The van der Waals surface area contributed by atoms with E-state index in [-0.39, 0.29) is 6.29 Å². The predicted molar refractivity (Wildman–Crippen MR) is 116 cm³/mol. The summed E-state index contributed by atoms with van der Waals surface area (Å²) in [5.74, 6) is 1.49. The molecule has 0 aromatic rings. The molecule has 1 aliphatic heterocycles. The molecular formula is C23H47AlO2. The van der Waals surface area contributed by atoms with Crippen molar-refractivity contribution >= 4 is 14.5 Å². The molecule has 0 aromatic heterocycles. The average molecular weight is 383 g/mol. The van der Waals surface area contributed by atoms with Gasteiger partial charge < -0.3 is 8.53 Å². The zero-order valence-corrected chi connectivity index (χ0v) is 19.6. The van der Waals surface area contributed by atoms with Gasteiger partial charge in [-0.2, -0.15) is 0 Å². The molecule has 154 valence electrons. The Labute approximate surface area is 169 Å². The minimum atomic E-state index is -1.16. The molecule has 1 unspecified atom stereocenters. The highest BCUT2D eigenvalue weighted by atomic mass is 27.2. The third-order valence-electron chi connectivity index (χ3n) is 5.45. The third kappa shape index (κ3) is 14.5. The normalized spacial score (nSPS) is 22.6. The fourth-order valence-corrected chi connectivity index (χ4v) is 7.22. The largest absolute Gasteiger partial charge is 0.478 e. The van der Waals surface area contributed by atoms with Crippen LogP contribution in [0, 0.1) is 11.8 Å². The summed E-state index contributed by atoms with van der Waals surface area (Å²) in [6.07, 6.45) is 17.7. The molecular weight excluding hydrogens is 335 g/mol. The lowest BCUT2D eigenvalue weighted by molar-refractivity contribution is -0.0901. The number of rotatable bonds is 6. The lowest BCUT2D eigenvalue weighted by Crippen LogP contribution is -2.30. The lowest BCUT2D eigenvalue weighted by Gasteiger charge is -2.25. The van der Waals surface area contributed by atoms with Crippen LogP contribution >= 0.6 is 0 Å². The van der Waals surface area contributed by atoms with E-state index in [2.05, 4.69) is 27.7 Å². The Bertz CT molecular complexity index is 281. The summed E-state index contributed by atoms with van der Waals surface area (Å²) >= 11 is -1.16. The smallest absolute Gasteiger partial charge is 0.463 e. The Kier molecular flexibility index (Phi) is 15.5. The number of hydrogen-bond donors (Lipinski definition) is 0. The van der Waals surface area contributed by atoms with E-state index in [0.29, 0.717) is 0 Å². The Morgan fingerprint density at radius 2 is 1.12 bits per heavy atom. The van der Waals surface area contributed by atoms with Gasteiger partial charge in [0.2, 0.25) is 0 Å². The van der Waals surface area contributed by atoms with Gasteiger partial charge in [-0.1, -0.05) is 114 Å². The van der Waals surface area contributed by atoms with E-state index >= 15 is 0 Å². The van der Waals surface area contributed by atoms with Crippen LogP contribution in [-0.2, 0) is 8.53 Å². The average Bonchev–Trinajstić information content (AvgIpc) is 2.55. The second kappa shape index (κ2) is 16.4. The van der Waals surface area contributed by atoms with Crippen LogP contribution in [0.3, 0.4) is 0 Å². The third-order valence-corrected chi connectivity index (χ3v) is 9.08. The predicted octanol–water partition coefficient (Wildman–Crippen LogP) is 7.73. The van der Waals surface area contributed by atoms with Gasteiger partial charge in [0.05, 0.1) is 0 Å². The van der Waals surface area contributed by atoms with E-state index in [1.807, 2.05) is 0 Å². The SMILES string of the molecule is CC(C)[CH2][Al]([CH2]C(C)C)[O]C1CCCCCCCCCCCCCCO1. The van der Waals surface area contributed by atoms with Gasteiger partial charge in [0.1, 0.15) is 6.29 Å². The van der Waals surface area contributed by atoms with Gasteiger partial charge >= 0.3 is 14.5 Å². The van der Waals surface area contributed by atoms with Gasteiger partial charge in [-0.3, -0.25) is 0 Å². The molecule has 0 radical (unpaired) electrons. The number of ether oxygens (including phenoxy) is 1. The van der Waals surface area contributed by atoms with Crippen LogP contribution in [0.2, 0.25) is 10.6 Å². The van der Waals surface area contributed by atoms with Crippen molar-refractivity contribution in [2.24, 2.45) is 11.8 Å². The van der Waals surface area contributed by atoms with E-state index in [1.54, 1.807) is 0 Å². The van der Waals surface area contributed by atoms with Crippen LogP contribution < -0.4 is 0 Å². The van der Waals surface area contributed by atoms with Crippen molar-refractivity contribution in [3.8, 4) is 0 Å². The molecule has 1 rings (SSSR count). The van der Waals surface area contributed by atoms with Gasteiger partial charge in [0.25, 0.3) is 0 Å². The van der Waals surface area contributed by atoms with E-state index in [0.717, 1.165) is 24.9 Å². The van der Waals surface area contributed by atoms with E-state index < -0.39 is 14.5 Å². The quantitative estimate of drug-likeness (QED) is 0.437. The van der Waals surface area contributed by atoms with Crippen LogP contribution in [0.4, 0.5) is 0 Å². The van der Waals surface area contributed by atoms with Crippen molar-refractivity contribution < 1.29 is 8.53 Å². The fourth-order valence-electron chi connectivity index (χ4n) is 4.06. The summed E-state index contributed by atoms with van der Waals surface area (Å²) in [5, 5.41) is 2.58. The Morgan fingerprint density at radius 1 is 0.692 bits per heavy atom. The van der Waals surface area contributed by atoms with Crippen molar-refractivity contribution in [2.75, 3.05) is 6.61 Å². The van der Waals surface area contributed by atoms with Gasteiger partial charge in [0, 0.05) is 6.61 Å². The summed E-state index contributed by atoms with van der Waals surface area (Å²) in [5.41, 5.74) is 0. The van der Waals surface area contributed by atoms with Gasteiger partial charge in [0.15, 0.2) is 0 Å². The van der Waals surface area contributed by atoms with Crippen LogP contribution in [-0.4, -0.2) is 27.4 Å². The zero-order valence-electron chi connectivity index (χ0n) is 18.4. The molecule has 1 atom stereocenters. The van der Waals surface area contributed by atoms with Crippen molar-refractivity contribution in [1.29, 1.82) is 0 Å². The van der Waals surface area contributed by atoms with E-state index in [9.17, 15) is 0 Å². The van der Waals surface area contributed by atoms with Crippen LogP contribution in [0.15, 0.2) is 0 Å². The Balaban J connectivity index is 2.47. The highest BCUT2D eigenvalue weighted by Gasteiger charge is 2.27. The highest BCUT2D eigenvalue weighted by Crippen LogP contribution is 2.21. The van der Waals surface area contributed by atoms with Crippen molar-refractivity contribution in [3.63, 3.8) is 0 Å². The topological polar surface area (TPSA) is 18.5 Å². The maximum absolute atomic E-state index is 6.63. The summed E-state index contributed by atoms with van der Waals surface area (Å²) in [7, 11) is 0. The first-order valence-corrected chi connectivity index (χ1v) is 14.0. The molecule has 0 spiro atoms. The molecule has 0 aromatic carbocycles. The van der Waals surface area contributed by atoms with Gasteiger partial charge in [-0.15, -0.1) is 0 Å². The highest BCUT2D eigenvalue weighted by molar-refractivity contribution is 6.52. The van der Waals surface area contributed by atoms with Crippen LogP contribution in [0.25, 0.3) is 0 Å². The molecule has 2 nitrogen and oxygen atoms in total. The Hall–Kier alpha value is 0.452. The van der Waals surface area contributed by atoms with Crippen LogP contribution in [0.5, 0.6) is 0 Å². The lowest BCUT2D eigenvalue weighted by atomic mass is 10.0. The standard InChI is InChI=1S/C15H29O2.2C4H9.Al/c16-15-13-11-9-7-5-3-1-2-4-6-8-10-12-14-17-15;2*1-4(2)3;/h15H,1-14H2;2*4H,1H2,2-3H3;/q-1;;;+1. The summed E-state index contributed by atoms with van der Waals surface area (Å²) in [4.78, 5) is 0. The molecule has 0 N–H and O–H groups in total. The van der Waals surface area contributed by atoms with Gasteiger partial charge in [-0.25, -0.2) is 0 Å². The second-order valence-electron chi connectivity index (χ2n) is 9.35. The molecule has 26 heavy (non-hydrogen) atoms. The van der Waals surface area contributed by atoms with Crippen molar-refractivity contribution in [1.82, 2.24) is 0 Å². The maximum Gasteiger partial charge on any atom is 0.463 e. The first-order chi connectivity index (χ1) is 12.6. The fraction of sp³-hybridized carbons (Fsp3) is 1.00. The molecule has 1 saturated heterocycles. The van der Waals surface area contributed by atoms with Crippen LogP contribution in [0.1, 0.15) is 111 Å². The molecule has 1 fully saturated rings. The molecule has 0 bridgehead atoms. The maximum atomic E-state index is 6.63. The summed E-state index contributed by atoms with van der Waals surface area (Å²) in [6, 6.07) is 0. The monoisotopic (exact) mass is 382 g/mol. The molecule has 0 amide bonds. The van der Waals surface area contributed by atoms with E-state index in [1.165, 1.54) is 87.6 Å². The molecule has 3 heteroatoms. The second-order valence-corrected chi connectivity index (χ2v) is 11.8. The van der Waals surface area contributed by atoms with Gasteiger partial charge in [-0.05, 0) is 19.3 Å². The first-order valence-electron chi connectivity index (χ1n) is 11.8. The van der Waals surface area contributed by atoms with E-state index in [4.69, 9.17) is 8.53 Å². The first kappa shape index (κ1) is 24.5. The number of hydrogen-bond acceptors (Lipinski definition) is 2. The molecule has 0 aliphatic carbocycles. The Morgan fingerprint density at radius 3 is 1.58 bits per heavy atom. The molecule has 0 saturated carbocycles. The van der Waals surface area contributed by atoms with Crippen molar-refractivity contribution in [2.45, 2.75) is 128 Å². The summed E-state index contributed by atoms with van der Waals surface area (Å²) in [6.45, 7) is 10.2. The summed E-state index contributed by atoms with van der Waals surface area (Å²) < 4.78 is 12.9. The minimum absolute atomic E-state index is 0.0806.